The number of nitrogens with zero attached hydrogens (tertiary/aromatic N) is 1. The van der Waals surface area contributed by atoms with E-state index < -0.39 is 23.9 Å². The monoisotopic (exact) mass is 365 g/mol. The first-order valence-electron chi connectivity index (χ1n) is 7.07. The molecule has 0 aromatic heterocycles. The van der Waals surface area contributed by atoms with Crippen LogP contribution in [-0.4, -0.2) is 45.3 Å². The molecule has 8 heteroatoms. The molecule has 1 N–H and O–H groups in total. The third-order valence-electron chi connectivity index (χ3n) is 3.44. The number of carboxylic acid groups (broad SMARTS) is 1. The van der Waals surface area contributed by atoms with E-state index in [9.17, 15) is 19.5 Å². The Morgan fingerprint density at radius 1 is 1.38 bits per heavy atom. The largest absolute Gasteiger partial charge is 0.480 e. The second kappa shape index (κ2) is 7.59. The Labute approximate surface area is 148 Å². The summed E-state index contributed by atoms with van der Waals surface area (Å²) in [6.07, 6.45) is 1.89. The van der Waals surface area contributed by atoms with Crippen molar-refractivity contribution in [3.8, 4) is 0 Å². The molecule has 6 nitrogen and oxygen atoms in total. The minimum Gasteiger partial charge on any atom is -0.480 e. The zero-order valence-electron chi connectivity index (χ0n) is 13.0. The molecule has 1 aliphatic rings. The molecular formula is C16H15NO5S2. The van der Waals surface area contributed by atoms with Crippen LogP contribution < -0.4 is 0 Å². The Morgan fingerprint density at radius 2 is 2.00 bits per heavy atom. The fourth-order valence-electron chi connectivity index (χ4n) is 2.20. The van der Waals surface area contributed by atoms with Crippen molar-refractivity contribution < 1.29 is 24.2 Å². The van der Waals surface area contributed by atoms with Gasteiger partial charge >= 0.3 is 11.9 Å². The summed E-state index contributed by atoms with van der Waals surface area (Å²) in [6, 6.07) is 5.56. The molecular weight excluding hydrogens is 350 g/mol. The van der Waals surface area contributed by atoms with E-state index in [1.54, 1.807) is 37.3 Å². The predicted molar refractivity (Wildman–Crippen MR) is 94.5 cm³/mol. The number of carbonyl (C=O) groups is 3. The SMILES string of the molecule is CCC(C(=O)O)N1C(=O)/C(=C/c2ccc(C(=O)OC)cc2)SC1=S. The molecule has 0 saturated carbocycles. The number of thioether (sulfide) groups is 1. The molecule has 126 valence electrons. The van der Waals surface area contributed by atoms with Gasteiger partial charge in [-0.2, -0.15) is 0 Å². The lowest BCUT2D eigenvalue weighted by molar-refractivity contribution is -0.145. The molecule has 1 fully saturated rings. The van der Waals surface area contributed by atoms with Crippen molar-refractivity contribution in [1.82, 2.24) is 4.90 Å². The lowest BCUT2D eigenvalue weighted by atomic mass is 10.1. The summed E-state index contributed by atoms with van der Waals surface area (Å²) < 4.78 is 4.85. The Morgan fingerprint density at radius 3 is 2.50 bits per heavy atom. The maximum absolute atomic E-state index is 12.5. The van der Waals surface area contributed by atoms with Crippen molar-refractivity contribution in [1.29, 1.82) is 0 Å². The summed E-state index contributed by atoms with van der Waals surface area (Å²) in [5.41, 5.74) is 1.10. The van der Waals surface area contributed by atoms with E-state index in [2.05, 4.69) is 4.74 Å². The molecule has 1 heterocycles. The van der Waals surface area contributed by atoms with Crippen molar-refractivity contribution in [3.63, 3.8) is 0 Å². The van der Waals surface area contributed by atoms with Gasteiger partial charge in [0.1, 0.15) is 10.4 Å². The van der Waals surface area contributed by atoms with Crippen LogP contribution in [0.5, 0.6) is 0 Å². The van der Waals surface area contributed by atoms with Crippen LogP contribution in [0.25, 0.3) is 6.08 Å². The molecule has 1 unspecified atom stereocenters. The number of carboxylic acids is 1. The molecule has 2 rings (SSSR count). The highest BCUT2D eigenvalue weighted by molar-refractivity contribution is 8.26. The van der Waals surface area contributed by atoms with Crippen molar-refractivity contribution in [2.24, 2.45) is 0 Å². The quantitative estimate of drug-likeness (QED) is 0.488. The molecule has 24 heavy (non-hydrogen) atoms. The minimum atomic E-state index is -1.09. The first kappa shape index (κ1) is 18.2. The van der Waals surface area contributed by atoms with E-state index >= 15 is 0 Å². The summed E-state index contributed by atoms with van der Waals surface area (Å²) in [4.78, 5) is 36.6. The Bertz CT molecular complexity index is 726. The van der Waals surface area contributed by atoms with Crippen molar-refractivity contribution in [2.75, 3.05) is 7.11 Å². The fourth-order valence-corrected chi connectivity index (χ4v) is 3.56. The van der Waals surface area contributed by atoms with Gasteiger partial charge in [0.2, 0.25) is 0 Å². The van der Waals surface area contributed by atoms with E-state index in [4.69, 9.17) is 12.2 Å². The van der Waals surface area contributed by atoms with Gasteiger partial charge in [0.05, 0.1) is 17.6 Å². The highest BCUT2D eigenvalue weighted by atomic mass is 32.2. The Kier molecular flexibility index (Phi) is 5.74. The van der Waals surface area contributed by atoms with Gasteiger partial charge in [-0.1, -0.05) is 43.0 Å². The van der Waals surface area contributed by atoms with Crippen molar-refractivity contribution >= 4 is 52.2 Å². The van der Waals surface area contributed by atoms with Gasteiger partial charge in [-0.3, -0.25) is 9.69 Å². The zero-order valence-corrected chi connectivity index (χ0v) is 14.6. The number of carbonyl (C=O) groups excluding carboxylic acids is 2. The molecule has 0 aliphatic carbocycles. The first-order chi connectivity index (χ1) is 11.4. The molecule has 0 radical (unpaired) electrons. The second-order valence-corrected chi connectivity index (χ2v) is 6.60. The maximum Gasteiger partial charge on any atom is 0.337 e. The predicted octanol–water partition coefficient (Wildman–Crippen LogP) is 2.54. The number of hydrogen-bond donors (Lipinski definition) is 1. The number of rotatable bonds is 5. The molecule has 0 bridgehead atoms. The molecule has 1 saturated heterocycles. The number of benzene rings is 1. The van der Waals surface area contributed by atoms with Crippen LogP contribution in [0.1, 0.15) is 29.3 Å². The van der Waals surface area contributed by atoms with Crippen LogP contribution >= 0.6 is 24.0 Å². The summed E-state index contributed by atoms with van der Waals surface area (Å²) in [6.45, 7) is 1.69. The molecule has 1 atom stereocenters. The van der Waals surface area contributed by atoms with Crippen LogP contribution in [-0.2, 0) is 14.3 Å². The standard InChI is InChI=1S/C16H15NO5S2/c1-3-11(14(19)20)17-13(18)12(24-16(17)23)8-9-4-6-10(7-5-9)15(21)22-2/h4-8,11H,3H2,1-2H3,(H,19,20)/b12-8-. The Balaban J connectivity index is 2.25. The lowest BCUT2D eigenvalue weighted by Gasteiger charge is -2.21. The van der Waals surface area contributed by atoms with E-state index in [1.165, 1.54) is 7.11 Å². The third-order valence-corrected chi connectivity index (χ3v) is 4.77. The number of esters is 1. The van der Waals surface area contributed by atoms with Crippen LogP contribution in [0.15, 0.2) is 29.2 Å². The highest BCUT2D eigenvalue weighted by Crippen LogP contribution is 2.34. The zero-order chi connectivity index (χ0) is 17.9. The van der Waals surface area contributed by atoms with Crippen molar-refractivity contribution in [3.05, 3.63) is 40.3 Å². The van der Waals surface area contributed by atoms with E-state index in [0.717, 1.165) is 16.7 Å². The molecule has 0 spiro atoms. The number of thiocarbonyl (C=S) groups is 1. The number of ether oxygens (including phenoxy) is 1. The number of amides is 1. The maximum atomic E-state index is 12.5. The molecule has 1 aromatic carbocycles. The third kappa shape index (κ3) is 3.65. The lowest BCUT2D eigenvalue weighted by Crippen LogP contribution is -2.43. The Hall–Kier alpha value is -2.19. The number of hydrogen-bond acceptors (Lipinski definition) is 6. The van der Waals surface area contributed by atoms with E-state index in [0.29, 0.717) is 16.0 Å². The number of aliphatic carboxylic acids is 1. The topological polar surface area (TPSA) is 83.9 Å². The normalized spacial score (nSPS) is 17.2. The first-order valence-corrected chi connectivity index (χ1v) is 8.29. The molecule has 1 amide bonds. The fraction of sp³-hybridized carbons (Fsp3) is 0.250. The van der Waals surface area contributed by atoms with Gasteiger partial charge in [0, 0.05) is 0 Å². The summed E-state index contributed by atoms with van der Waals surface area (Å²) >= 11 is 6.21. The van der Waals surface area contributed by atoms with Gasteiger partial charge in [0.15, 0.2) is 0 Å². The van der Waals surface area contributed by atoms with Gasteiger partial charge in [-0.05, 0) is 30.2 Å². The summed E-state index contributed by atoms with van der Waals surface area (Å²) in [5, 5.41) is 9.23. The smallest absolute Gasteiger partial charge is 0.337 e. The van der Waals surface area contributed by atoms with Crippen LogP contribution in [0.2, 0.25) is 0 Å². The summed E-state index contributed by atoms with van der Waals surface area (Å²) in [5.74, 6) is -1.95. The van der Waals surface area contributed by atoms with Crippen LogP contribution in [0.4, 0.5) is 0 Å². The number of methoxy groups -OCH3 is 1. The van der Waals surface area contributed by atoms with Gasteiger partial charge in [0.25, 0.3) is 5.91 Å². The van der Waals surface area contributed by atoms with Crippen LogP contribution in [0, 0.1) is 0 Å². The second-order valence-electron chi connectivity index (χ2n) is 4.93. The molecule has 1 aromatic rings. The average Bonchev–Trinajstić information content (AvgIpc) is 2.83. The van der Waals surface area contributed by atoms with Gasteiger partial charge < -0.3 is 9.84 Å². The van der Waals surface area contributed by atoms with Crippen LogP contribution in [0.3, 0.4) is 0 Å². The highest BCUT2D eigenvalue weighted by Gasteiger charge is 2.39. The van der Waals surface area contributed by atoms with Crippen molar-refractivity contribution in [2.45, 2.75) is 19.4 Å². The van der Waals surface area contributed by atoms with Gasteiger partial charge in [-0.15, -0.1) is 0 Å². The van der Waals surface area contributed by atoms with E-state index in [1.807, 2.05) is 0 Å². The molecule has 1 aliphatic heterocycles. The van der Waals surface area contributed by atoms with E-state index in [-0.39, 0.29) is 10.7 Å². The average molecular weight is 365 g/mol. The summed E-state index contributed by atoms with van der Waals surface area (Å²) in [7, 11) is 1.30. The van der Waals surface area contributed by atoms with Gasteiger partial charge in [-0.25, -0.2) is 9.59 Å². The minimum absolute atomic E-state index is 0.228.